The van der Waals surface area contributed by atoms with Crippen LogP contribution in [0.25, 0.3) is 5.57 Å². The summed E-state index contributed by atoms with van der Waals surface area (Å²) in [5, 5.41) is 0. The van der Waals surface area contributed by atoms with E-state index in [2.05, 4.69) is 13.0 Å². The minimum atomic E-state index is -1.15. The van der Waals surface area contributed by atoms with Crippen LogP contribution in [0.2, 0.25) is 0 Å². The molecule has 0 bridgehead atoms. The van der Waals surface area contributed by atoms with Crippen LogP contribution in [0.5, 0.6) is 5.75 Å². The fourth-order valence-corrected chi connectivity index (χ4v) is 4.05. The Bertz CT molecular complexity index is 983. The highest BCUT2D eigenvalue weighted by Gasteiger charge is 2.22. The first-order chi connectivity index (χ1) is 16.0. The highest BCUT2D eigenvalue weighted by Crippen LogP contribution is 2.31. The number of carbonyl (C=O) groups is 1. The summed E-state index contributed by atoms with van der Waals surface area (Å²) in [5.74, 6) is -3.60. The first-order valence-corrected chi connectivity index (χ1v) is 11.8. The third-order valence-electron chi connectivity index (χ3n) is 5.98. The van der Waals surface area contributed by atoms with E-state index in [1.807, 2.05) is 6.08 Å². The van der Waals surface area contributed by atoms with Crippen molar-refractivity contribution in [1.82, 2.24) is 0 Å². The molecule has 2 aromatic rings. The maximum Gasteiger partial charge on any atom is 0.349 e. The maximum atomic E-state index is 14.6. The molecule has 0 amide bonds. The Morgan fingerprint density at radius 1 is 0.848 bits per heavy atom. The van der Waals surface area contributed by atoms with Crippen LogP contribution in [0.15, 0.2) is 54.1 Å². The van der Waals surface area contributed by atoms with Crippen molar-refractivity contribution >= 4 is 11.5 Å². The highest BCUT2D eigenvalue weighted by atomic mass is 19.1. The summed E-state index contributed by atoms with van der Waals surface area (Å²) in [7, 11) is 0. The average Bonchev–Trinajstić information content (AvgIpc) is 2.80. The summed E-state index contributed by atoms with van der Waals surface area (Å²) >= 11 is 0. The van der Waals surface area contributed by atoms with Gasteiger partial charge in [0.05, 0.1) is 0 Å². The Balaban J connectivity index is 1.59. The molecular weight excluding hydrogens is 425 g/mol. The van der Waals surface area contributed by atoms with Gasteiger partial charge in [-0.25, -0.2) is 18.0 Å². The van der Waals surface area contributed by atoms with E-state index in [0.717, 1.165) is 30.5 Å². The third kappa shape index (κ3) is 7.34. The Morgan fingerprint density at radius 3 is 2.09 bits per heavy atom. The van der Waals surface area contributed by atoms with E-state index in [9.17, 15) is 18.0 Å². The van der Waals surface area contributed by atoms with Crippen molar-refractivity contribution < 1.29 is 22.7 Å². The van der Waals surface area contributed by atoms with Crippen LogP contribution >= 0.6 is 0 Å². The topological polar surface area (TPSA) is 26.3 Å². The number of ether oxygens (including phenoxy) is 1. The van der Waals surface area contributed by atoms with Crippen LogP contribution in [0.4, 0.5) is 13.2 Å². The summed E-state index contributed by atoms with van der Waals surface area (Å²) in [4.78, 5) is 12.2. The predicted octanol–water partition coefficient (Wildman–Crippen LogP) is 8.57. The molecule has 3 rings (SSSR count). The van der Waals surface area contributed by atoms with Gasteiger partial charge in [-0.2, -0.15) is 0 Å². The van der Waals surface area contributed by atoms with Crippen LogP contribution in [-0.4, -0.2) is 5.97 Å². The molecule has 1 aliphatic carbocycles. The number of allylic oxidation sites excluding steroid dienone is 4. The number of esters is 1. The lowest BCUT2D eigenvalue weighted by Crippen LogP contribution is -2.14. The van der Waals surface area contributed by atoms with Crippen molar-refractivity contribution in [2.45, 2.75) is 71.1 Å². The van der Waals surface area contributed by atoms with Crippen molar-refractivity contribution in [1.29, 1.82) is 0 Å². The van der Waals surface area contributed by atoms with Crippen molar-refractivity contribution in [3.8, 4) is 5.75 Å². The fraction of sp³-hybridized carbons (Fsp3) is 0.393. The van der Waals surface area contributed by atoms with E-state index >= 15 is 0 Å². The van der Waals surface area contributed by atoms with Gasteiger partial charge in [0, 0.05) is 0 Å². The van der Waals surface area contributed by atoms with Gasteiger partial charge in [-0.05, 0) is 73.2 Å². The molecule has 0 saturated carbocycles. The van der Waals surface area contributed by atoms with Crippen molar-refractivity contribution in [3.63, 3.8) is 0 Å². The fourth-order valence-electron chi connectivity index (χ4n) is 4.05. The number of unbranched alkanes of at least 4 members (excludes halogenated alkanes) is 6. The largest absolute Gasteiger partial charge is 0.423 e. The summed E-state index contributed by atoms with van der Waals surface area (Å²) in [6.45, 7) is 2.22. The van der Waals surface area contributed by atoms with Crippen LogP contribution in [-0.2, 0) is 0 Å². The van der Waals surface area contributed by atoms with Crippen molar-refractivity contribution in [3.05, 3.63) is 82.7 Å². The quantitative estimate of drug-likeness (QED) is 0.192. The zero-order valence-electron chi connectivity index (χ0n) is 19.1. The van der Waals surface area contributed by atoms with Gasteiger partial charge in [-0.1, -0.05) is 63.2 Å². The van der Waals surface area contributed by atoms with Crippen LogP contribution in [0, 0.1) is 17.5 Å². The molecule has 0 aromatic heterocycles. The molecule has 0 spiro atoms. The molecule has 176 valence electrons. The summed E-state index contributed by atoms with van der Waals surface area (Å²) in [6, 6.07) is 6.99. The maximum absolute atomic E-state index is 14.6. The second-order valence-electron chi connectivity index (χ2n) is 8.55. The number of hydrogen-bond acceptors (Lipinski definition) is 2. The first kappa shape index (κ1) is 24.8. The van der Waals surface area contributed by atoms with Gasteiger partial charge in [-0.15, -0.1) is 0 Å². The zero-order chi connectivity index (χ0) is 23.6. The molecule has 0 aliphatic heterocycles. The minimum Gasteiger partial charge on any atom is -0.423 e. The van der Waals surface area contributed by atoms with Crippen LogP contribution < -0.4 is 4.74 Å². The third-order valence-corrected chi connectivity index (χ3v) is 5.98. The number of rotatable bonds is 11. The van der Waals surface area contributed by atoms with Gasteiger partial charge in [0.15, 0.2) is 0 Å². The van der Waals surface area contributed by atoms with Gasteiger partial charge >= 0.3 is 5.97 Å². The Labute approximate surface area is 194 Å². The van der Waals surface area contributed by atoms with Gasteiger partial charge in [0.25, 0.3) is 0 Å². The van der Waals surface area contributed by atoms with E-state index in [4.69, 9.17) is 4.74 Å². The smallest absolute Gasteiger partial charge is 0.349 e. The molecule has 1 aliphatic rings. The van der Waals surface area contributed by atoms with E-state index in [1.54, 1.807) is 0 Å². The van der Waals surface area contributed by atoms with Gasteiger partial charge in [0.1, 0.15) is 28.8 Å². The molecule has 5 heteroatoms. The molecular formula is C28H31F3O2. The van der Waals surface area contributed by atoms with Crippen molar-refractivity contribution in [2.75, 3.05) is 0 Å². The Hall–Kier alpha value is -2.82. The normalized spacial score (nSPS) is 13.5. The van der Waals surface area contributed by atoms with Crippen LogP contribution in [0.1, 0.15) is 87.1 Å². The Morgan fingerprint density at radius 2 is 1.48 bits per heavy atom. The highest BCUT2D eigenvalue weighted by molar-refractivity contribution is 5.92. The SMILES string of the molecule is CCCCCCCCCC1=CC=C(c2cc(F)c(C(=O)Oc3ccc(F)cc3)c(F)c2)CC1. The van der Waals surface area contributed by atoms with Crippen LogP contribution in [0.3, 0.4) is 0 Å². The summed E-state index contributed by atoms with van der Waals surface area (Å²) < 4.78 is 47.2. The molecule has 0 saturated heterocycles. The van der Waals surface area contributed by atoms with Gasteiger partial charge in [0.2, 0.25) is 0 Å². The molecule has 0 fully saturated rings. The lowest BCUT2D eigenvalue weighted by Gasteiger charge is -2.16. The van der Waals surface area contributed by atoms with Crippen molar-refractivity contribution in [2.24, 2.45) is 0 Å². The monoisotopic (exact) mass is 456 g/mol. The van der Waals surface area contributed by atoms with Gasteiger partial charge in [-0.3, -0.25) is 0 Å². The lowest BCUT2D eigenvalue weighted by molar-refractivity contribution is 0.0724. The number of carbonyl (C=O) groups excluding carboxylic acids is 1. The number of halogens is 3. The molecule has 2 nitrogen and oxygen atoms in total. The molecule has 33 heavy (non-hydrogen) atoms. The zero-order valence-corrected chi connectivity index (χ0v) is 19.1. The molecule has 0 unspecified atom stereocenters. The van der Waals surface area contributed by atoms with E-state index < -0.39 is 29.0 Å². The minimum absolute atomic E-state index is 0.0119. The second-order valence-corrected chi connectivity index (χ2v) is 8.55. The predicted molar refractivity (Wildman–Crippen MR) is 126 cm³/mol. The summed E-state index contributed by atoms with van der Waals surface area (Å²) in [5.41, 5.74) is 1.88. The first-order valence-electron chi connectivity index (χ1n) is 11.8. The lowest BCUT2D eigenvalue weighted by atomic mass is 9.90. The molecule has 0 atom stereocenters. The molecule has 0 heterocycles. The molecule has 0 radical (unpaired) electrons. The van der Waals surface area contributed by atoms with E-state index in [-0.39, 0.29) is 5.75 Å². The number of benzene rings is 2. The Kier molecular flexibility index (Phi) is 9.35. The molecule has 0 N–H and O–H groups in total. The summed E-state index contributed by atoms with van der Waals surface area (Å²) in [6.07, 6.45) is 15.5. The number of hydrogen-bond donors (Lipinski definition) is 0. The van der Waals surface area contributed by atoms with E-state index in [1.165, 1.54) is 74.8 Å². The average molecular weight is 457 g/mol. The second kappa shape index (κ2) is 12.4. The van der Waals surface area contributed by atoms with Gasteiger partial charge < -0.3 is 4.74 Å². The molecule has 2 aromatic carbocycles. The standard InChI is InChI=1S/C28H31F3O2/c1-2-3-4-5-6-7-8-9-20-10-12-21(13-11-20)22-18-25(30)27(26(31)19-22)28(32)33-24-16-14-23(29)15-17-24/h10,12,14-19H,2-9,11,13H2,1H3. The van der Waals surface area contributed by atoms with E-state index in [0.29, 0.717) is 12.0 Å².